The number of thioether (sulfide) groups is 1. The van der Waals surface area contributed by atoms with Gasteiger partial charge < -0.3 is 0 Å². The molecule has 0 aliphatic carbocycles. The van der Waals surface area contributed by atoms with Gasteiger partial charge in [0.2, 0.25) is 10.0 Å². The molecule has 0 unspecified atom stereocenters. The molecule has 2 rings (SSSR count). The van der Waals surface area contributed by atoms with Crippen LogP contribution in [-0.2, 0) is 10.0 Å². The molecule has 0 spiro atoms. The zero-order valence-electron chi connectivity index (χ0n) is 13.4. The molecule has 0 bridgehead atoms. The van der Waals surface area contributed by atoms with Crippen molar-refractivity contribution >= 4 is 27.5 Å². The Morgan fingerprint density at radius 3 is 2.42 bits per heavy atom. The van der Waals surface area contributed by atoms with Gasteiger partial charge in [-0.25, -0.2) is 13.1 Å². The van der Waals surface area contributed by atoms with Crippen molar-refractivity contribution in [2.24, 2.45) is 0 Å². The van der Waals surface area contributed by atoms with Crippen LogP contribution >= 0.6 is 11.8 Å². The minimum atomic E-state index is -3.76. The maximum Gasteiger partial charge on any atom is 0.273 e. The summed E-state index contributed by atoms with van der Waals surface area (Å²) in [6.07, 6.45) is 0. The average molecular weight is 366 g/mol. The van der Waals surface area contributed by atoms with Crippen LogP contribution in [0.3, 0.4) is 0 Å². The Kier molecular flexibility index (Phi) is 5.98. The summed E-state index contributed by atoms with van der Waals surface area (Å²) in [5.74, 6) is 0.566. The molecule has 0 heterocycles. The van der Waals surface area contributed by atoms with Gasteiger partial charge in [0.1, 0.15) is 0 Å². The number of hydrogen-bond donors (Lipinski definition) is 1. The predicted molar refractivity (Wildman–Crippen MR) is 94.9 cm³/mol. The summed E-state index contributed by atoms with van der Waals surface area (Å²) >= 11 is 1.54. The summed E-state index contributed by atoms with van der Waals surface area (Å²) in [7, 11) is -3.76. The van der Waals surface area contributed by atoms with Crippen LogP contribution in [0.1, 0.15) is 11.1 Å². The first kappa shape index (κ1) is 18.4. The van der Waals surface area contributed by atoms with Crippen LogP contribution in [0.5, 0.6) is 0 Å². The lowest BCUT2D eigenvalue weighted by Crippen LogP contribution is -2.26. The van der Waals surface area contributed by atoms with Crippen molar-refractivity contribution in [3.05, 3.63) is 63.7 Å². The van der Waals surface area contributed by atoms with Crippen LogP contribution in [0, 0.1) is 24.0 Å². The monoisotopic (exact) mass is 366 g/mol. The Balaban J connectivity index is 1.97. The smallest absolute Gasteiger partial charge is 0.258 e. The first-order valence-electron chi connectivity index (χ1n) is 7.24. The van der Waals surface area contributed by atoms with Crippen molar-refractivity contribution in [3.63, 3.8) is 0 Å². The van der Waals surface area contributed by atoms with E-state index in [-0.39, 0.29) is 17.1 Å². The summed E-state index contributed by atoms with van der Waals surface area (Å²) in [6, 6.07) is 11.9. The number of nitrogens with zero attached hydrogens (tertiary/aromatic N) is 1. The highest BCUT2D eigenvalue weighted by Gasteiger charge is 2.19. The van der Waals surface area contributed by atoms with Gasteiger partial charge in [0.25, 0.3) is 5.69 Å². The Bertz CT molecular complexity index is 834. The standard InChI is InChI=1S/C16H18N2O4S2/c1-12-3-6-14(7-4-12)23-10-9-17-24(21,22)15-8-5-13(2)16(11-15)18(19)20/h3-8,11,17H,9-10H2,1-2H3. The topological polar surface area (TPSA) is 89.3 Å². The van der Waals surface area contributed by atoms with Gasteiger partial charge in [-0.1, -0.05) is 23.8 Å². The Morgan fingerprint density at radius 2 is 1.79 bits per heavy atom. The fourth-order valence-corrected chi connectivity index (χ4v) is 3.96. The third-order valence-corrected chi connectivity index (χ3v) is 5.84. The highest BCUT2D eigenvalue weighted by atomic mass is 32.2. The fourth-order valence-electron chi connectivity index (χ4n) is 2.02. The molecule has 0 saturated heterocycles. The number of hydrogen-bond acceptors (Lipinski definition) is 5. The molecule has 2 aromatic carbocycles. The van der Waals surface area contributed by atoms with Crippen molar-refractivity contribution in [1.82, 2.24) is 4.72 Å². The summed E-state index contributed by atoms with van der Waals surface area (Å²) < 4.78 is 26.9. The van der Waals surface area contributed by atoms with Gasteiger partial charge >= 0.3 is 0 Å². The van der Waals surface area contributed by atoms with E-state index < -0.39 is 14.9 Å². The van der Waals surface area contributed by atoms with E-state index in [1.54, 1.807) is 18.7 Å². The third kappa shape index (κ3) is 4.80. The van der Waals surface area contributed by atoms with E-state index in [2.05, 4.69) is 4.72 Å². The van der Waals surface area contributed by atoms with E-state index >= 15 is 0 Å². The molecule has 0 aromatic heterocycles. The lowest BCUT2D eigenvalue weighted by atomic mass is 10.2. The zero-order valence-corrected chi connectivity index (χ0v) is 15.0. The molecule has 128 valence electrons. The Hall–Kier alpha value is -1.90. The molecule has 2 aromatic rings. The Labute approximate surface area is 145 Å². The van der Waals surface area contributed by atoms with Crippen LogP contribution in [-0.4, -0.2) is 25.6 Å². The fraction of sp³-hybridized carbons (Fsp3) is 0.250. The molecule has 0 atom stereocenters. The largest absolute Gasteiger partial charge is 0.273 e. The van der Waals surface area contributed by atoms with Gasteiger partial charge in [-0.15, -0.1) is 11.8 Å². The zero-order chi connectivity index (χ0) is 17.7. The van der Waals surface area contributed by atoms with E-state index in [0.29, 0.717) is 11.3 Å². The van der Waals surface area contributed by atoms with Gasteiger partial charge in [-0.3, -0.25) is 10.1 Å². The number of sulfonamides is 1. The van der Waals surface area contributed by atoms with Crippen LogP contribution in [0.2, 0.25) is 0 Å². The molecule has 0 radical (unpaired) electrons. The van der Waals surface area contributed by atoms with Gasteiger partial charge in [0, 0.05) is 28.8 Å². The summed E-state index contributed by atoms with van der Waals surface area (Å²) in [4.78, 5) is 11.3. The first-order valence-corrected chi connectivity index (χ1v) is 9.70. The third-order valence-electron chi connectivity index (χ3n) is 3.37. The van der Waals surface area contributed by atoms with Gasteiger partial charge in [0.05, 0.1) is 9.82 Å². The highest BCUT2D eigenvalue weighted by molar-refractivity contribution is 7.99. The van der Waals surface area contributed by atoms with Crippen molar-refractivity contribution in [3.8, 4) is 0 Å². The number of aryl methyl sites for hydroxylation is 2. The normalized spacial score (nSPS) is 11.4. The molecule has 8 heteroatoms. The average Bonchev–Trinajstić information content (AvgIpc) is 2.53. The molecule has 6 nitrogen and oxygen atoms in total. The number of rotatable bonds is 7. The molecule has 0 aliphatic heterocycles. The van der Waals surface area contributed by atoms with Crippen LogP contribution in [0.15, 0.2) is 52.3 Å². The first-order chi connectivity index (χ1) is 11.3. The van der Waals surface area contributed by atoms with Gasteiger partial charge in [-0.05, 0) is 32.0 Å². The second-order valence-electron chi connectivity index (χ2n) is 5.26. The lowest BCUT2D eigenvalue weighted by molar-refractivity contribution is -0.385. The maximum absolute atomic E-state index is 12.2. The van der Waals surface area contributed by atoms with E-state index in [4.69, 9.17) is 0 Å². The van der Waals surface area contributed by atoms with E-state index in [1.807, 2.05) is 31.2 Å². The van der Waals surface area contributed by atoms with E-state index in [0.717, 1.165) is 11.0 Å². The summed E-state index contributed by atoms with van der Waals surface area (Å²) in [5.41, 5.74) is 1.39. The molecule has 0 saturated carbocycles. The van der Waals surface area contributed by atoms with Gasteiger partial charge in [-0.2, -0.15) is 0 Å². The van der Waals surface area contributed by atoms with Crippen molar-refractivity contribution < 1.29 is 13.3 Å². The maximum atomic E-state index is 12.2. The van der Waals surface area contributed by atoms with Crippen molar-refractivity contribution in [1.29, 1.82) is 0 Å². The van der Waals surface area contributed by atoms with Crippen LogP contribution in [0.4, 0.5) is 5.69 Å². The second kappa shape index (κ2) is 7.78. The van der Waals surface area contributed by atoms with Crippen LogP contribution in [0.25, 0.3) is 0 Å². The number of nitro groups is 1. The molecule has 1 N–H and O–H groups in total. The minimum Gasteiger partial charge on any atom is -0.258 e. The van der Waals surface area contributed by atoms with Crippen molar-refractivity contribution in [2.45, 2.75) is 23.6 Å². The van der Waals surface area contributed by atoms with E-state index in [1.165, 1.54) is 17.7 Å². The lowest BCUT2D eigenvalue weighted by Gasteiger charge is -2.07. The number of nitro benzene ring substituents is 1. The minimum absolute atomic E-state index is 0.0971. The quantitative estimate of drug-likeness (QED) is 0.351. The number of benzene rings is 2. The molecule has 24 heavy (non-hydrogen) atoms. The summed E-state index contributed by atoms with van der Waals surface area (Å²) in [5, 5.41) is 10.9. The SMILES string of the molecule is Cc1ccc(SCCNS(=O)(=O)c2ccc(C)c([N+](=O)[O-])c2)cc1. The van der Waals surface area contributed by atoms with Gasteiger partial charge in [0.15, 0.2) is 0 Å². The molecular weight excluding hydrogens is 348 g/mol. The van der Waals surface area contributed by atoms with Crippen LogP contribution < -0.4 is 4.72 Å². The second-order valence-corrected chi connectivity index (χ2v) is 8.20. The number of nitrogens with one attached hydrogen (secondary N) is 1. The molecule has 0 fully saturated rings. The van der Waals surface area contributed by atoms with E-state index in [9.17, 15) is 18.5 Å². The Morgan fingerprint density at radius 1 is 1.12 bits per heavy atom. The molecule has 0 aliphatic rings. The molecular formula is C16H18N2O4S2. The molecule has 0 amide bonds. The van der Waals surface area contributed by atoms with Crippen molar-refractivity contribution in [2.75, 3.05) is 12.3 Å². The highest BCUT2D eigenvalue weighted by Crippen LogP contribution is 2.22. The summed E-state index contributed by atoms with van der Waals surface area (Å²) in [6.45, 7) is 3.81. The predicted octanol–water partition coefficient (Wildman–Crippen LogP) is 3.28.